The van der Waals surface area contributed by atoms with Gasteiger partial charge in [-0.15, -0.1) is 10.2 Å². The Hall–Kier alpha value is -1.40. The zero-order chi connectivity index (χ0) is 13.0. The van der Waals surface area contributed by atoms with E-state index in [1.807, 2.05) is 12.3 Å². The molecule has 0 saturated carbocycles. The third-order valence-corrected chi connectivity index (χ3v) is 3.54. The van der Waals surface area contributed by atoms with Gasteiger partial charge < -0.3 is 10.3 Å². The van der Waals surface area contributed by atoms with E-state index in [1.54, 1.807) is 18.0 Å². The Labute approximate surface area is 111 Å². The molecule has 2 aromatic rings. The minimum absolute atomic E-state index is 0.315. The molecule has 5 nitrogen and oxygen atoms in total. The van der Waals surface area contributed by atoms with Gasteiger partial charge in [0.05, 0.1) is 6.54 Å². The maximum Gasteiger partial charge on any atom is 0.191 e. The molecule has 0 bridgehead atoms. The van der Waals surface area contributed by atoms with Crippen LogP contribution in [0, 0.1) is 0 Å². The first-order valence-corrected chi connectivity index (χ1v) is 6.86. The molecule has 0 aliphatic carbocycles. The molecule has 0 atom stereocenters. The largest absolute Gasteiger partial charge is 0.324 e. The van der Waals surface area contributed by atoms with Gasteiger partial charge in [-0.1, -0.05) is 17.8 Å². The number of nitrogens with two attached hydrogens (primary N) is 1. The minimum Gasteiger partial charge on any atom is -0.324 e. The van der Waals surface area contributed by atoms with E-state index in [4.69, 9.17) is 5.73 Å². The van der Waals surface area contributed by atoms with Gasteiger partial charge in [-0.25, -0.2) is 0 Å². The van der Waals surface area contributed by atoms with Gasteiger partial charge in [0, 0.05) is 24.2 Å². The summed E-state index contributed by atoms with van der Waals surface area (Å²) in [5.74, 6) is 1.67. The van der Waals surface area contributed by atoms with Crippen LogP contribution in [-0.2, 0) is 12.3 Å². The average Bonchev–Trinajstić information content (AvgIpc) is 2.80. The van der Waals surface area contributed by atoms with Crippen LogP contribution in [0.2, 0.25) is 0 Å². The molecule has 0 aliphatic rings. The molecule has 0 unspecified atom stereocenters. The molecule has 2 N–H and O–H groups in total. The van der Waals surface area contributed by atoms with Gasteiger partial charge in [-0.2, -0.15) is 0 Å². The fourth-order valence-corrected chi connectivity index (χ4v) is 2.72. The molecule has 0 fully saturated rings. The van der Waals surface area contributed by atoms with Gasteiger partial charge >= 0.3 is 0 Å². The highest BCUT2D eigenvalue weighted by atomic mass is 32.2. The molecule has 96 valence electrons. The first kappa shape index (κ1) is 13.0. The number of thioether (sulfide) groups is 1. The van der Waals surface area contributed by atoms with Crippen molar-refractivity contribution in [3.8, 4) is 0 Å². The second-order valence-electron chi connectivity index (χ2n) is 4.22. The Morgan fingerprint density at radius 2 is 2.22 bits per heavy atom. The zero-order valence-corrected chi connectivity index (χ0v) is 11.4. The fraction of sp³-hybridized carbons (Fsp3) is 0.417. The smallest absolute Gasteiger partial charge is 0.191 e. The summed E-state index contributed by atoms with van der Waals surface area (Å²) >= 11 is 1.66. The standard InChI is InChI=1S/C12H17N5S/c1-9(2)17-11(6-13)15-16-12(17)18-8-10-4-3-5-14-7-10/h3-5,7,9H,6,8,13H2,1-2H3. The SMILES string of the molecule is CC(C)n1c(CN)nnc1SCc1cccnc1. The van der Waals surface area contributed by atoms with Crippen LogP contribution in [0.3, 0.4) is 0 Å². The Bertz CT molecular complexity index is 494. The van der Waals surface area contributed by atoms with Gasteiger partial charge in [0.1, 0.15) is 5.82 Å². The molecular weight excluding hydrogens is 246 g/mol. The van der Waals surface area contributed by atoms with Crippen LogP contribution >= 0.6 is 11.8 Å². The maximum atomic E-state index is 5.67. The number of pyridine rings is 1. The Balaban J connectivity index is 2.12. The van der Waals surface area contributed by atoms with E-state index >= 15 is 0 Å². The van der Waals surface area contributed by atoms with Gasteiger partial charge in [0.2, 0.25) is 0 Å². The molecule has 0 aliphatic heterocycles. The van der Waals surface area contributed by atoms with Crippen molar-refractivity contribution < 1.29 is 0 Å². The quantitative estimate of drug-likeness (QED) is 0.836. The van der Waals surface area contributed by atoms with Gasteiger partial charge in [-0.05, 0) is 25.5 Å². The molecule has 18 heavy (non-hydrogen) atoms. The Kier molecular flexibility index (Phi) is 4.33. The summed E-state index contributed by atoms with van der Waals surface area (Å²) in [5, 5.41) is 9.23. The van der Waals surface area contributed by atoms with E-state index in [-0.39, 0.29) is 0 Å². The summed E-state index contributed by atoms with van der Waals surface area (Å²) in [7, 11) is 0. The summed E-state index contributed by atoms with van der Waals surface area (Å²) in [6, 6.07) is 4.31. The molecule has 0 saturated heterocycles. The van der Waals surface area contributed by atoms with Crippen molar-refractivity contribution in [1.29, 1.82) is 0 Å². The summed E-state index contributed by atoms with van der Waals surface area (Å²) in [4.78, 5) is 4.10. The molecule has 6 heteroatoms. The molecule has 0 spiro atoms. The van der Waals surface area contributed by atoms with E-state index < -0.39 is 0 Å². The lowest BCUT2D eigenvalue weighted by Crippen LogP contribution is -2.11. The third kappa shape index (κ3) is 2.88. The van der Waals surface area contributed by atoms with Crippen molar-refractivity contribution in [2.24, 2.45) is 5.73 Å². The highest BCUT2D eigenvalue weighted by Gasteiger charge is 2.13. The molecule has 0 radical (unpaired) electrons. The van der Waals surface area contributed by atoms with Crippen LogP contribution in [0.1, 0.15) is 31.3 Å². The van der Waals surface area contributed by atoms with Crippen LogP contribution in [0.15, 0.2) is 29.7 Å². The summed E-state index contributed by atoms with van der Waals surface area (Å²) in [5.41, 5.74) is 6.84. The second kappa shape index (κ2) is 5.97. The lowest BCUT2D eigenvalue weighted by molar-refractivity contribution is 0.526. The van der Waals surface area contributed by atoms with Crippen molar-refractivity contribution in [1.82, 2.24) is 19.7 Å². The summed E-state index contributed by atoms with van der Waals surface area (Å²) < 4.78 is 2.08. The van der Waals surface area contributed by atoms with Crippen LogP contribution in [0.5, 0.6) is 0 Å². The van der Waals surface area contributed by atoms with Gasteiger partial charge in [0.15, 0.2) is 5.16 Å². The van der Waals surface area contributed by atoms with Gasteiger partial charge in [0.25, 0.3) is 0 Å². The average molecular weight is 263 g/mol. The molecular formula is C12H17N5S. The predicted octanol–water partition coefficient (Wildman–Crippen LogP) is 2.00. The molecule has 2 aromatic heterocycles. The number of nitrogens with zero attached hydrogens (tertiary/aromatic N) is 4. The van der Waals surface area contributed by atoms with Crippen molar-refractivity contribution in [2.45, 2.75) is 37.3 Å². The number of hydrogen-bond donors (Lipinski definition) is 1. The lowest BCUT2D eigenvalue weighted by Gasteiger charge is -2.12. The van der Waals surface area contributed by atoms with Crippen molar-refractivity contribution in [3.05, 3.63) is 35.9 Å². The van der Waals surface area contributed by atoms with Crippen molar-refractivity contribution in [2.75, 3.05) is 0 Å². The minimum atomic E-state index is 0.315. The fourth-order valence-electron chi connectivity index (χ4n) is 1.70. The Morgan fingerprint density at radius 1 is 1.39 bits per heavy atom. The second-order valence-corrected chi connectivity index (χ2v) is 5.16. The highest BCUT2D eigenvalue weighted by molar-refractivity contribution is 7.98. The molecule has 2 rings (SSSR count). The monoisotopic (exact) mass is 263 g/mol. The van der Waals surface area contributed by atoms with E-state index in [0.717, 1.165) is 16.7 Å². The van der Waals surface area contributed by atoms with Crippen LogP contribution in [-0.4, -0.2) is 19.7 Å². The van der Waals surface area contributed by atoms with E-state index in [9.17, 15) is 0 Å². The molecule has 0 aromatic carbocycles. The molecule has 2 heterocycles. The van der Waals surface area contributed by atoms with Crippen molar-refractivity contribution >= 4 is 11.8 Å². The zero-order valence-electron chi connectivity index (χ0n) is 10.6. The number of rotatable bonds is 5. The van der Waals surface area contributed by atoms with Crippen molar-refractivity contribution in [3.63, 3.8) is 0 Å². The summed E-state index contributed by atoms with van der Waals surface area (Å²) in [6.45, 7) is 4.63. The highest BCUT2D eigenvalue weighted by Crippen LogP contribution is 2.24. The first-order valence-electron chi connectivity index (χ1n) is 5.88. The maximum absolute atomic E-state index is 5.67. The number of hydrogen-bond acceptors (Lipinski definition) is 5. The van der Waals surface area contributed by atoms with Crippen LogP contribution < -0.4 is 5.73 Å². The lowest BCUT2D eigenvalue weighted by atomic mass is 10.3. The third-order valence-electron chi connectivity index (χ3n) is 2.52. The van der Waals surface area contributed by atoms with E-state index in [0.29, 0.717) is 12.6 Å². The molecule has 0 amide bonds. The van der Waals surface area contributed by atoms with Crippen LogP contribution in [0.4, 0.5) is 0 Å². The van der Waals surface area contributed by atoms with E-state index in [1.165, 1.54) is 5.56 Å². The van der Waals surface area contributed by atoms with E-state index in [2.05, 4.69) is 39.7 Å². The normalized spacial score (nSPS) is 11.1. The number of aromatic nitrogens is 4. The topological polar surface area (TPSA) is 69.6 Å². The first-order chi connectivity index (χ1) is 8.72. The van der Waals surface area contributed by atoms with Crippen LogP contribution in [0.25, 0.3) is 0 Å². The predicted molar refractivity (Wildman–Crippen MR) is 72.1 cm³/mol. The Morgan fingerprint density at radius 3 is 2.83 bits per heavy atom. The summed E-state index contributed by atoms with van der Waals surface area (Å²) in [6.07, 6.45) is 3.64. The van der Waals surface area contributed by atoms with Gasteiger partial charge in [-0.3, -0.25) is 4.98 Å².